The van der Waals surface area contributed by atoms with Crippen molar-refractivity contribution in [1.82, 2.24) is 4.90 Å². The first-order valence-corrected chi connectivity index (χ1v) is 7.04. The predicted octanol–water partition coefficient (Wildman–Crippen LogP) is 2.56. The second-order valence-electron chi connectivity index (χ2n) is 5.29. The monoisotopic (exact) mass is 331 g/mol. The third-order valence-electron chi connectivity index (χ3n) is 3.93. The molecule has 126 valence electrons. The lowest BCUT2D eigenvalue weighted by Gasteiger charge is -2.27. The number of aliphatic carboxylic acids is 1. The minimum absolute atomic E-state index is 0.123. The van der Waals surface area contributed by atoms with E-state index in [1.807, 2.05) is 0 Å². The molecule has 5 nitrogen and oxygen atoms in total. The molecule has 23 heavy (non-hydrogen) atoms. The van der Waals surface area contributed by atoms with Crippen molar-refractivity contribution < 1.29 is 32.6 Å². The molecule has 1 amide bonds. The van der Waals surface area contributed by atoms with Gasteiger partial charge in [-0.2, -0.15) is 13.2 Å². The summed E-state index contributed by atoms with van der Waals surface area (Å²) < 4.78 is 44.8. The van der Waals surface area contributed by atoms with Gasteiger partial charge < -0.3 is 14.7 Å². The van der Waals surface area contributed by atoms with Gasteiger partial charge in [0.05, 0.1) is 12.2 Å². The number of hydrogen-bond acceptors (Lipinski definition) is 3. The zero-order chi connectivity index (χ0) is 17.3. The molecular weight excluding hydrogens is 315 g/mol. The molecule has 0 saturated carbocycles. The van der Waals surface area contributed by atoms with Crippen LogP contribution in [0.2, 0.25) is 0 Å². The summed E-state index contributed by atoms with van der Waals surface area (Å²) in [7, 11) is 0. The van der Waals surface area contributed by atoms with Crippen LogP contribution < -0.4 is 4.74 Å². The van der Waals surface area contributed by atoms with Gasteiger partial charge in [-0.05, 0) is 25.5 Å². The van der Waals surface area contributed by atoms with Crippen molar-refractivity contribution in [3.8, 4) is 5.75 Å². The van der Waals surface area contributed by atoms with Crippen LogP contribution in [0.5, 0.6) is 5.75 Å². The highest BCUT2D eigenvalue weighted by atomic mass is 19.4. The predicted molar refractivity (Wildman–Crippen MR) is 74.3 cm³/mol. The maximum atomic E-state index is 13.2. The van der Waals surface area contributed by atoms with E-state index in [0.717, 1.165) is 4.90 Å². The molecule has 1 aromatic carbocycles. The number of hydrogen-bond donors (Lipinski definition) is 1. The summed E-state index contributed by atoms with van der Waals surface area (Å²) in [4.78, 5) is 24.5. The Labute approximate surface area is 130 Å². The summed E-state index contributed by atoms with van der Waals surface area (Å²) in [6.45, 7) is 0.846. The first-order chi connectivity index (χ1) is 10.7. The molecule has 1 aliphatic heterocycles. The Hall–Kier alpha value is -2.25. The van der Waals surface area contributed by atoms with Crippen molar-refractivity contribution in [2.24, 2.45) is 5.41 Å². The molecular formula is C15H16F3NO4. The Morgan fingerprint density at radius 2 is 2.00 bits per heavy atom. The Balaban J connectivity index is 2.28. The number of benzene rings is 1. The number of nitrogens with zero attached hydrogens (tertiary/aromatic N) is 1. The first kappa shape index (κ1) is 17.1. The molecule has 1 saturated heterocycles. The molecule has 1 heterocycles. The minimum atomic E-state index is -4.92. The minimum Gasteiger partial charge on any atom is -0.493 e. The van der Waals surface area contributed by atoms with Crippen molar-refractivity contribution in [1.29, 1.82) is 0 Å². The molecule has 8 heteroatoms. The van der Waals surface area contributed by atoms with Gasteiger partial charge in [-0.3, -0.25) is 9.59 Å². The highest BCUT2D eigenvalue weighted by Crippen LogP contribution is 2.46. The molecule has 0 bridgehead atoms. The second kappa shape index (κ2) is 6.10. The zero-order valence-electron chi connectivity index (χ0n) is 12.4. The summed E-state index contributed by atoms with van der Waals surface area (Å²) in [5, 5.41) is 9.03. The van der Waals surface area contributed by atoms with Crippen LogP contribution in [0.25, 0.3) is 0 Å². The number of halogens is 3. The fourth-order valence-electron chi connectivity index (χ4n) is 2.61. The summed E-state index contributed by atoms with van der Waals surface area (Å²) in [6.07, 6.45) is -5.58. The average molecular weight is 331 g/mol. The van der Waals surface area contributed by atoms with E-state index in [-0.39, 0.29) is 17.9 Å². The van der Waals surface area contributed by atoms with Crippen LogP contribution in [0.4, 0.5) is 13.2 Å². The number of carbonyl (C=O) groups excluding carboxylic acids is 1. The van der Waals surface area contributed by atoms with E-state index in [0.29, 0.717) is 6.61 Å². The van der Waals surface area contributed by atoms with Gasteiger partial charge in [0.15, 0.2) is 5.41 Å². The lowest BCUT2D eigenvalue weighted by molar-refractivity contribution is -0.227. The number of carbonyl (C=O) groups is 2. The largest absolute Gasteiger partial charge is 0.493 e. The maximum Gasteiger partial charge on any atom is 0.406 e. The molecule has 1 unspecified atom stereocenters. The first-order valence-electron chi connectivity index (χ1n) is 7.04. The van der Waals surface area contributed by atoms with E-state index in [9.17, 15) is 22.8 Å². The van der Waals surface area contributed by atoms with Crippen molar-refractivity contribution in [3.63, 3.8) is 0 Å². The Morgan fingerprint density at radius 1 is 1.35 bits per heavy atom. The Morgan fingerprint density at radius 3 is 2.52 bits per heavy atom. The van der Waals surface area contributed by atoms with E-state index in [2.05, 4.69) is 0 Å². The Kier molecular flexibility index (Phi) is 4.53. The van der Waals surface area contributed by atoms with Crippen LogP contribution in [0.1, 0.15) is 23.7 Å². The van der Waals surface area contributed by atoms with Crippen molar-refractivity contribution in [3.05, 3.63) is 29.8 Å². The third kappa shape index (κ3) is 2.97. The van der Waals surface area contributed by atoms with Crippen LogP contribution in [0.15, 0.2) is 24.3 Å². The molecule has 0 radical (unpaired) electrons. The fraction of sp³-hybridized carbons (Fsp3) is 0.467. The number of para-hydroxylation sites is 1. The average Bonchev–Trinajstić information content (AvgIpc) is 2.94. The zero-order valence-corrected chi connectivity index (χ0v) is 12.4. The molecule has 1 fully saturated rings. The molecule has 0 spiro atoms. The SMILES string of the molecule is CCOc1ccccc1C(=O)N1CCC(C(=O)O)(C(F)(F)F)C1. The van der Waals surface area contributed by atoms with Gasteiger partial charge in [-0.25, -0.2) is 0 Å². The topological polar surface area (TPSA) is 66.8 Å². The standard InChI is InChI=1S/C15H16F3NO4/c1-2-23-11-6-4-3-5-10(11)12(20)19-8-7-14(9-19,13(21)22)15(16,17)18/h3-6H,2,7-9H2,1H3,(H,21,22). The van der Waals surface area contributed by atoms with E-state index in [1.165, 1.54) is 6.07 Å². The fourth-order valence-corrected chi connectivity index (χ4v) is 2.61. The van der Waals surface area contributed by atoms with Gasteiger partial charge in [0, 0.05) is 13.1 Å². The number of rotatable bonds is 4. The third-order valence-corrected chi connectivity index (χ3v) is 3.93. The van der Waals surface area contributed by atoms with Crippen molar-refractivity contribution >= 4 is 11.9 Å². The highest BCUT2D eigenvalue weighted by Gasteiger charge is 2.64. The summed E-state index contributed by atoms with van der Waals surface area (Å²) in [5.74, 6) is -2.36. The summed E-state index contributed by atoms with van der Waals surface area (Å²) >= 11 is 0. The maximum absolute atomic E-state index is 13.2. The quantitative estimate of drug-likeness (QED) is 0.921. The number of carboxylic acids is 1. The molecule has 2 rings (SSSR count). The molecule has 1 atom stereocenters. The number of likely N-dealkylation sites (tertiary alicyclic amines) is 1. The summed E-state index contributed by atoms with van der Waals surface area (Å²) in [6, 6.07) is 6.20. The number of alkyl halides is 3. The number of ether oxygens (including phenoxy) is 1. The number of amides is 1. The van der Waals surface area contributed by atoms with Crippen LogP contribution in [-0.4, -0.2) is 47.8 Å². The van der Waals surface area contributed by atoms with Crippen LogP contribution in [0.3, 0.4) is 0 Å². The van der Waals surface area contributed by atoms with Crippen LogP contribution >= 0.6 is 0 Å². The highest BCUT2D eigenvalue weighted by molar-refractivity contribution is 5.97. The molecule has 1 N–H and O–H groups in total. The summed E-state index contributed by atoms with van der Waals surface area (Å²) in [5.41, 5.74) is -2.79. The van der Waals surface area contributed by atoms with Gasteiger partial charge in [-0.1, -0.05) is 12.1 Å². The second-order valence-corrected chi connectivity index (χ2v) is 5.29. The normalized spacial score (nSPS) is 21.3. The number of carboxylic acid groups (broad SMARTS) is 1. The van der Waals surface area contributed by atoms with E-state index in [1.54, 1.807) is 25.1 Å². The smallest absolute Gasteiger partial charge is 0.406 e. The van der Waals surface area contributed by atoms with Crippen molar-refractivity contribution in [2.75, 3.05) is 19.7 Å². The van der Waals surface area contributed by atoms with Crippen LogP contribution in [-0.2, 0) is 4.79 Å². The Bertz CT molecular complexity index is 617. The molecule has 0 aliphatic carbocycles. The van der Waals surface area contributed by atoms with Crippen molar-refractivity contribution in [2.45, 2.75) is 19.5 Å². The lowest BCUT2D eigenvalue weighted by Crippen LogP contribution is -2.47. The van der Waals surface area contributed by atoms with E-state index >= 15 is 0 Å². The molecule has 1 aromatic rings. The van der Waals surface area contributed by atoms with Gasteiger partial charge in [-0.15, -0.1) is 0 Å². The lowest BCUT2D eigenvalue weighted by atomic mass is 9.86. The van der Waals surface area contributed by atoms with Crippen LogP contribution in [0, 0.1) is 5.41 Å². The van der Waals surface area contributed by atoms with Gasteiger partial charge in [0.2, 0.25) is 0 Å². The van der Waals surface area contributed by atoms with E-state index < -0.39 is 36.4 Å². The van der Waals surface area contributed by atoms with Gasteiger partial charge in [0.25, 0.3) is 5.91 Å². The van der Waals surface area contributed by atoms with Gasteiger partial charge in [0.1, 0.15) is 5.75 Å². The molecule has 0 aromatic heterocycles. The van der Waals surface area contributed by atoms with E-state index in [4.69, 9.17) is 9.84 Å². The molecule has 1 aliphatic rings. The van der Waals surface area contributed by atoms with Gasteiger partial charge >= 0.3 is 12.1 Å².